The molecule has 2 atom stereocenters. The first kappa shape index (κ1) is 29.2. The van der Waals surface area contributed by atoms with Crippen molar-refractivity contribution in [3.63, 3.8) is 0 Å². The van der Waals surface area contributed by atoms with Crippen LogP contribution in [0, 0.1) is 11.3 Å². The first-order valence-electron chi connectivity index (χ1n) is 12.8. The van der Waals surface area contributed by atoms with Crippen LogP contribution in [0.1, 0.15) is 99.1 Å². The molecule has 1 heterocycles. The molecular formula is C29H41NO4S. The van der Waals surface area contributed by atoms with E-state index in [1.807, 2.05) is 24.3 Å². The van der Waals surface area contributed by atoms with E-state index < -0.39 is 5.79 Å². The fourth-order valence-corrected chi connectivity index (χ4v) is 5.28. The van der Waals surface area contributed by atoms with Gasteiger partial charge in [-0.3, -0.25) is 0 Å². The Bertz CT molecular complexity index is 956. The van der Waals surface area contributed by atoms with Gasteiger partial charge < -0.3 is 20.1 Å². The van der Waals surface area contributed by atoms with Crippen molar-refractivity contribution in [3.8, 4) is 6.07 Å². The predicted molar refractivity (Wildman–Crippen MR) is 143 cm³/mol. The molecular weight excluding hydrogens is 458 g/mol. The molecule has 1 aromatic carbocycles. The van der Waals surface area contributed by atoms with E-state index in [0.717, 1.165) is 66.5 Å². The summed E-state index contributed by atoms with van der Waals surface area (Å²) in [4.78, 5) is 2.04. The van der Waals surface area contributed by atoms with Crippen molar-refractivity contribution >= 4 is 16.9 Å². The SMILES string of the molecule is CCCCCC(O)c1ccc(C2=C(C#N)CCC2)cc1.CCCc1ccc(C(C)(O)OCCO)s1. The van der Waals surface area contributed by atoms with Crippen molar-refractivity contribution in [1.29, 1.82) is 5.26 Å². The topological polar surface area (TPSA) is 93.7 Å². The number of hydrogen-bond donors (Lipinski definition) is 3. The summed E-state index contributed by atoms with van der Waals surface area (Å²) in [6.07, 6.45) is 9.02. The Morgan fingerprint density at radius 1 is 1.09 bits per heavy atom. The van der Waals surface area contributed by atoms with Crippen molar-refractivity contribution in [2.45, 2.75) is 90.4 Å². The molecule has 0 saturated heterocycles. The van der Waals surface area contributed by atoms with Crippen molar-refractivity contribution in [3.05, 3.63) is 62.9 Å². The van der Waals surface area contributed by atoms with E-state index in [1.165, 1.54) is 23.3 Å². The van der Waals surface area contributed by atoms with Crippen LogP contribution in [-0.4, -0.2) is 28.5 Å². The van der Waals surface area contributed by atoms with E-state index >= 15 is 0 Å². The molecule has 0 bridgehead atoms. The molecule has 1 aromatic heterocycles. The van der Waals surface area contributed by atoms with Crippen LogP contribution in [0.4, 0.5) is 0 Å². The van der Waals surface area contributed by atoms with Gasteiger partial charge in [0.1, 0.15) is 0 Å². The average Bonchev–Trinajstić information content (AvgIpc) is 3.54. The lowest BCUT2D eigenvalue weighted by molar-refractivity contribution is -0.200. The number of ether oxygens (including phenoxy) is 1. The van der Waals surface area contributed by atoms with E-state index in [-0.39, 0.29) is 19.3 Å². The number of hydrogen-bond acceptors (Lipinski definition) is 6. The van der Waals surface area contributed by atoms with Crippen LogP contribution in [-0.2, 0) is 16.9 Å². The number of nitrogens with zero attached hydrogens (tertiary/aromatic N) is 1. The summed E-state index contributed by atoms with van der Waals surface area (Å²) in [6.45, 7) is 5.96. The summed E-state index contributed by atoms with van der Waals surface area (Å²) in [5.74, 6) is -1.28. The van der Waals surface area contributed by atoms with Crippen LogP contribution in [0.2, 0.25) is 0 Å². The van der Waals surface area contributed by atoms with Crippen molar-refractivity contribution < 1.29 is 20.1 Å². The Labute approximate surface area is 214 Å². The number of rotatable bonds is 12. The van der Waals surface area contributed by atoms with Gasteiger partial charge in [0.25, 0.3) is 0 Å². The number of thiophene rings is 1. The van der Waals surface area contributed by atoms with Gasteiger partial charge in [-0.1, -0.05) is 63.8 Å². The molecule has 2 unspecified atom stereocenters. The van der Waals surface area contributed by atoms with Crippen LogP contribution in [0.25, 0.3) is 5.57 Å². The van der Waals surface area contributed by atoms with E-state index in [2.05, 4.69) is 32.0 Å². The highest BCUT2D eigenvalue weighted by Gasteiger charge is 2.25. The summed E-state index contributed by atoms with van der Waals surface area (Å²) in [6, 6.07) is 14.3. The number of aryl methyl sites for hydroxylation is 1. The minimum atomic E-state index is -1.28. The summed E-state index contributed by atoms with van der Waals surface area (Å²) in [7, 11) is 0. The number of allylic oxidation sites excluding steroid dienone is 2. The third-order valence-corrected chi connectivity index (χ3v) is 7.50. The van der Waals surface area contributed by atoms with E-state index in [0.29, 0.717) is 0 Å². The van der Waals surface area contributed by atoms with Crippen LogP contribution in [0.5, 0.6) is 0 Å². The smallest absolute Gasteiger partial charge is 0.198 e. The lowest BCUT2D eigenvalue weighted by atomic mass is 9.98. The number of benzene rings is 1. The first-order chi connectivity index (χ1) is 16.9. The van der Waals surface area contributed by atoms with Gasteiger partial charge in [-0.05, 0) is 67.9 Å². The molecule has 6 heteroatoms. The second kappa shape index (κ2) is 15.2. The zero-order valence-electron chi connectivity index (χ0n) is 21.4. The third kappa shape index (κ3) is 9.18. The van der Waals surface area contributed by atoms with Crippen LogP contribution >= 0.6 is 11.3 Å². The van der Waals surface area contributed by atoms with Gasteiger partial charge in [-0.15, -0.1) is 11.3 Å². The van der Waals surface area contributed by atoms with Crippen LogP contribution in [0.3, 0.4) is 0 Å². The maximum absolute atomic E-state index is 10.1. The summed E-state index contributed by atoms with van der Waals surface area (Å²) in [5.41, 5.74) is 4.26. The predicted octanol–water partition coefficient (Wildman–Crippen LogP) is 6.64. The first-order valence-corrected chi connectivity index (χ1v) is 13.6. The number of unbranched alkanes of at least 4 members (excludes halogenated alkanes) is 2. The zero-order chi connectivity index (χ0) is 25.7. The molecule has 1 aliphatic rings. The Hall–Kier alpha value is -2.01. The van der Waals surface area contributed by atoms with Crippen LogP contribution in [0.15, 0.2) is 42.0 Å². The summed E-state index contributed by atoms with van der Waals surface area (Å²) < 4.78 is 5.17. The second-order valence-electron chi connectivity index (χ2n) is 9.13. The van der Waals surface area contributed by atoms with Crippen LogP contribution < -0.4 is 0 Å². The minimum Gasteiger partial charge on any atom is -0.394 e. The van der Waals surface area contributed by atoms with E-state index in [9.17, 15) is 10.2 Å². The van der Waals surface area contributed by atoms with Gasteiger partial charge >= 0.3 is 0 Å². The largest absolute Gasteiger partial charge is 0.394 e. The Balaban J connectivity index is 0.000000258. The molecule has 0 aliphatic heterocycles. The van der Waals surface area contributed by atoms with Gasteiger partial charge in [0.15, 0.2) is 5.79 Å². The van der Waals surface area contributed by atoms with Gasteiger partial charge in [-0.25, -0.2) is 0 Å². The molecule has 0 spiro atoms. The highest BCUT2D eigenvalue weighted by molar-refractivity contribution is 7.12. The summed E-state index contributed by atoms with van der Waals surface area (Å²) >= 11 is 1.56. The van der Waals surface area contributed by atoms with Gasteiger partial charge in [-0.2, -0.15) is 5.26 Å². The second-order valence-corrected chi connectivity index (χ2v) is 10.3. The van der Waals surface area contributed by atoms with Crippen molar-refractivity contribution in [1.82, 2.24) is 0 Å². The molecule has 0 fully saturated rings. The fourth-order valence-electron chi connectivity index (χ4n) is 4.17. The molecule has 0 saturated carbocycles. The molecule has 0 radical (unpaired) electrons. The highest BCUT2D eigenvalue weighted by Crippen LogP contribution is 2.34. The maximum Gasteiger partial charge on any atom is 0.198 e. The number of nitriles is 1. The molecule has 3 N–H and O–H groups in total. The lowest BCUT2D eigenvalue weighted by Crippen LogP contribution is -2.25. The fraction of sp³-hybridized carbons (Fsp3) is 0.552. The summed E-state index contributed by atoms with van der Waals surface area (Å²) in [5, 5.41) is 37.9. The van der Waals surface area contributed by atoms with Crippen molar-refractivity contribution in [2.24, 2.45) is 0 Å². The van der Waals surface area contributed by atoms with Gasteiger partial charge in [0.2, 0.25) is 0 Å². The average molecular weight is 500 g/mol. The Kier molecular flexibility index (Phi) is 12.7. The molecule has 3 rings (SSSR count). The standard InChI is InChI=1S/C18H23NO.C11H18O3S/c1-2-3-4-8-18(20)15-11-9-14(10-12-15)17-7-5-6-16(17)13-19;1-3-4-9-5-6-10(15-9)11(2,13)14-8-7-12/h9-12,18,20H,2-8H2,1H3;5-6,12-13H,3-4,7-8H2,1-2H3. The van der Waals surface area contributed by atoms with E-state index in [1.54, 1.807) is 18.3 Å². The lowest BCUT2D eigenvalue weighted by Gasteiger charge is -2.21. The molecule has 2 aromatic rings. The third-order valence-electron chi connectivity index (χ3n) is 6.17. The quantitative estimate of drug-likeness (QED) is 0.225. The Morgan fingerprint density at radius 3 is 2.46 bits per heavy atom. The maximum atomic E-state index is 10.1. The van der Waals surface area contributed by atoms with E-state index in [4.69, 9.17) is 15.1 Å². The van der Waals surface area contributed by atoms with Gasteiger partial charge in [0.05, 0.1) is 30.3 Å². The Morgan fingerprint density at radius 2 is 1.83 bits per heavy atom. The van der Waals surface area contributed by atoms with Crippen molar-refractivity contribution in [2.75, 3.05) is 13.2 Å². The molecule has 192 valence electrons. The molecule has 1 aliphatic carbocycles. The minimum absolute atomic E-state index is 0.0800. The highest BCUT2D eigenvalue weighted by atomic mass is 32.1. The monoisotopic (exact) mass is 499 g/mol. The van der Waals surface area contributed by atoms with Gasteiger partial charge in [0, 0.05) is 10.5 Å². The molecule has 35 heavy (non-hydrogen) atoms. The zero-order valence-corrected chi connectivity index (χ0v) is 22.2. The molecule has 0 amide bonds. The number of aliphatic hydroxyl groups is 3. The normalized spacial score (nSPS) is 15.8. The number of aliphatic hydroxyl groups excluding tert-OH is 2. The molecule has 5 nitrogen and oxygen atoms in total.